The number of carbonyl (C=O) groups is 2. The molecular formula is C42H66O14. The van der Waals surface area contributed by atoms with Crippen LogP contribution in [0.2, 0.25) is 0 Å². The maximum absolute atomic E-state index is 13.1. The molecule has 2 heterocycles. The zero-order valence-electron chi connectivity index (χ0n) is 34.1. The monoisotopic (exact) mass is 794 g/mol. The molecule has 0 unspecified atom stereocenters. The minimum Gasteiger partial charge on any atom is -0.481 e. The molecule has 0 aromatic carbocycles. The molecule has 0 amide bonds. The molecule has 0 radical (unpaired) electrons. The van der Waals surface area contributed by atoms with E-state index in [2.05, 4.69) is 54.5 Å². The summed E-state index contributed by atoms with van der Waals surface area (Å²) in [7, 11) is 0. The van der Waals surface area contributed by atoms with Crippen LogP contribution in [0.1, 0.15) is 113 Å². The van der Waals surface area contributed by atoms with Crippen LogP contribution in [0.25, 0.3) is 0 Å². The van der Waals surface area contributed by atoms with Gasteiger partial charge in [-0.05, 0) is 110 Å². The molecule has 0 bridgehead atoms. The van der Waals surface area contributed by atoms with E-state index in [-0.39, 0.29) is 34.0 Å². The summed E-state index contributed by atoms with van der Waals surface area (Å²) in [5.74, 6) is -2.24. The van der Waals surface area contributed by atoms with Crippen molar-refractivity contribution in [3.05, 3.63) is 11.6 Å². The van der Waals surface area contributed by atoms with E-state index in [1.807, 2.05) is 0 Å². The van der Waals surface area contributed by atoms with Gasteiger partial charge in [-0.2, -0.15) is 0 Å². The molecule has 0 spiro atoms. The van der Waals surface area contributed by atoms with E-state index in [4.69, 9.17) is 18.9 Å². The maximum Gasteiger partial charge on any atom is 0.335 e. The van der Waals surface area contributed by atoms with Gasteiger partial charge in [0, 0.05) is 0 Å². The van der Waals surface area contributed by atoms with Gasteiger partial charge < -0.3 is 59.8 Å². The Morgan fingerprint density at radius 2 is 1.38 bits per heavy atom. The van der Waals surface area contributed by atoms with Crippen molar-refractivity contribution in [3.63, 3.8) is 0 Å². The van der Waals surface area contributed by atoms with Crippen LogP contribution in [0.15, 0.2) is 11.6 Å². The van der Waals surface area contributed by atoms with E-state index >= 15 is 0 Å². The number of hydrogen-bond acceptors (Lipinski definition) is 12. The van der Waals surface area contributed by atoms with Crippen LogP contribution in [0, 0.1) is 50.2 Å². The Balaban J connectivity index is 1.11. The number of carboxylic acids is 2. The summed E-state index contributed by atoms with van der Waals surface area (Å²) in [6.45, 7) is 17.1. The van der Waals surface area contributed by atoms with Crippen LogP contribution in [0.4, 0.5) is 0 Å². The molecule has 8 N–H and O–H groups in total. The molecule has 0 aromatic heterocycles. The van der Waals surface area contributed by atoms with Gasteiger partial charge in [0.2, 0.25) is 0 Å². The van der Waals surface area contributed by atoms with E-state index in [0.29, 0.717) is 19.3 Å². The predicted molar refractivity (Wildman–Crippen MR) is 198 cm³/mol. The third-order valence-corrected chi connectivity index (χ3v) is 17.2. The van der Waals surface area contributed by atoms with E-state index < -0.39 is 102 Å². The van der Waals surface area contributed by atoms with Crippen LogP contribution < -0.4 is 0 Å². The molecule has 4 saturated carbocycles. The SMILES string of the molecule is C[C@@H]1O[C@H](O[C@H]2[C@H](O)[C@@H](O)[C@H](O[C@@H]3CC[C@]4(C)[C@H](CC[C@@]5(C)[C@H]4CC=C4[C@@H]6CC(C)(C)CC[C@]6(C(=O)O)[C@@H](O)C[C@@]45C)C3(C)C)O[C@@H]2C(=O)O)[C@@H](O)[C@H](O)[C@H]1O. The third-order valence-electron chi connectivity index (χ3n) is 17.2. The van der Waals surface area contributed by atoms with Gasteiger partial charge in [-0.1, -0.05) is 60.1 Å². The minimum atomic E-state index is -1.83. The molecule has 14 nitrogen and oxygen atoms in total. The summed E-state index contributed by atoms with van der Waals surface area (Å²) in [5.41, 5.74) is -1.24. The fourth-order valence-electron chi connectivity index (χ4n) is 13.7. The molecule has 14 heteroatoms. The first-order chi connectivity index (χ1) is 25.9. The van der Waals surface area contributed by atoms with Crippen LogP contribution in [-0.4, -0.2) is 126 Å². The second-order valence-corrected chi connectivity index (χ2v) is 20.8. The molecule has 7 aliphatic rings. The van der Waals surface area contributed by atoms with E-state index in [1.165, 1.54) is 12.5 Å². The molecule has 19 atom stereocenters. The van der Waals surface area contributed by atoms with Crippen molar-refractivity contribution in [2.75, 3.05) is 0 Å². The van der Waals surface area contributed by atoms with Gasteiger partial charge in [0.25, 0.3) is 0 Å². The summed E-state index contributed by atoms with van der Waals surface area (Å²) in [4.78, 5) is 25.6. The van der Waals surface area contributed by atoms with E-state index in [0.717, 1.165) is 38.5 Å². The highest BCUT2D eigenvalue weighted by molar-refractivity contribution is 5.77. The largest absolute Gasteiger partial charge is 0.481 e. The summed E-state index contributed by atoms with van der Waals surface area (Å²) >= 11 is 0. The first-order valence-corrected chi connectivity index (χ1v) is 20.7. The van der Waals surface area contributed by atoms with Crippen LogP contribution in [-0.2, 0) is 28.5 Å². The average Bonchev–Trinajstić information content (AvgIpc) is 3.10. The van der Waals surface area contributed by atoms with Gasteiger partial charge in [-0.25, -0.2) is 4.79 Å². The van der Waals surface area contributed by atoms with Crippen molar-refractivity contribution in [2.45, 2.75) is 187 Å². The van der Waals surface area contributed by atoms with Crippen LogP contribution in [0.5, 0.6) is 0 Å². The van der Waals surface area contributed by atoms with E-state index in [1.54, 1.807) is 0 Å². The number of aliphatic carboxylic acids is 2. The Labute approximate surface area is 329 Å². The maximum atomic E-state index is 13.1. The Kier molecular flexibility index (Phi) is 10.5. The van der Waals surface area contributed by atoms with Gasteiger partial charge in [0.05, 0.1) is 18.3 Å². The van der Waals surface area contributed by atoms with Gasteiger partial charge in [-0.3, -0.25) is 4.79 Å². The fraction of sp³-hybridized carbons (Fsp3) is 0.905. The van der Waals surface area contributed by atoms with E-state index in [9.17, 15) is 50.4 Å². The Hall–Kier alpha value is -1.72. The predicted octanol–water partition coefficient (Wildman–Crippen LogP) is 2.97. The molecule has 6 fully saturated rings. The molecule has 318 valence electrons. The topological polar surface area (TPSA) is 233 Å². The van der Waals surface area contributed by atoms with Crippen LogP contribution >= 0.6 is 0 Å². The highest BCUT2D eigenvalue weighted by Gasteiger charge is 2.71. The van der Waals surface area contributed by atoms with Crippen molar-refractivity contribution < 1.29 is 69.4 Å². The van der Waals surface area contributed by atoms with Crippen molar-refractivity contribution >= 4 is 11.9 Å². The molecule has 5 aliphatic carbocycles. The number of rotatable bonds is 6. The van der Waals surface area contributed by atoms with Gasteiger partial charge in [0.15, 0.2) is 18.7 Å². The summed E-state index contributed by atoms with van der Waals surface area (Å²) in [6, 6.07) is 0. The Morgan fingerprint density at radius 3 is 2.02 bits per heavy atom. The molecular weight excluding hydrogens is 728 g/mol. The second kappa shape index (κ2) is 13.9. The van der Waals surface area contributed by atoms with Crippen molar-refractivity contribution in [3.8, 4) is 0 Å². The highest BCUT2D eigenvalue weighted by atomic mass is 16.7. The summed E-state index contributed by atoms with van der Waals surface area (Å²) in [5, 5.41) is 86.2. The number of carboxylic acid groups (broad SMARTS) is 2. The molecule has 2 saturated heterocycles. The lowest BCUT2D eigenvalue weighted by molar-refractivity contribution is -0.361. The van der Waals surface area contributed by atoms with Crippen LogP contribution in [0.3, 0.4) is 0 Å². The first-order valence-electron chi connectivity index (χ1n) is 20.7. The fourth-order valence-corrected chi connectivity index (χ4v) is 13.7. The summed E-state index contributed by atoms with van der Waals surface area (Å²) in [6.07, 6.45) is -8.91. The molecule has 7 rings (SSSR count). The van der Waals surface area contributed by atoms with Gasteiger partial charge in [0.1, 0.15) is 42.0 Å². The normalized spacial score (nSPS) is 53.7. The lowest BCUT2D eigenvalue weighted by atomic mass is 9.33. The second-order valence-electron chi connectivity index (χ2n) is 20.8. The zero-order valence-corrected chi connectivity index (χ0v) is 34.1. The van der Waals surface area contributed by atoms with Crippen molar-refractivity contribution in [2.24, 2.45) is 50.2 Å². The third kappa shape index (κ3) is 6.01. The minimum absolute atomic E-state index is 0.0324. The van der Waals surface area contributed by atoms with Gasteiger partial charge in [-0.15, -0.1) is 0 Å². The lowest BCUT2D eigenvalue weighted by Crippen LogP contribution is -2.68. The lowest BCUT2D eigenvalue weighted by Gasteiger charge is -2.71. The molecule has 0 aromatic rings. The highest BCUT2D eigenvalue weighted by Crippen LogP contribution is 2.76. The number of aliphatic hydroxyl groups excluding tert-OH is 6. The Bertz CT molecular complexity index is 1580. The molecule has 2 aliphatic heterocycles. The zero-order chi connectivity index (χ0) is 41.3. The smallest absolute Gasteiger partial charge is 0.335 e. The first kappa shape index (κ1) is 42.4. The number of allylic oxidation sites excluding steroid dienone is 2. The van der Waals surface area contributed by atoms with Gasteiger partial charge >= 0.3 is 11.9 Å². The number of aliphatic hydroxyl groups is 6. The number of ether oxygens (including phenoxy) is 4. The number of hydrogen-bond donors (Lipinski definition) is 8. The standard InChI is InChI=1S/C42H66O14/c1-19-26(44)27(45)29(47)34(53-19)55-31-28(46)30(48)35(56-32(31)33(49)50)54-25-12-13-39(6)22(38(25,4)5)11-14-40(7)23(39)10-9-20-21-17-37(2,3)15-16-42(21,36(51)52)24(43)18-41(20,40)8/h9,19,21-32,34-35,43-48H,10-18H2,1-8H3,(H,49,50)(H,51,52)/t19-,21-,22+,23-,24-,25+,26-,27+,28+,29-,30+,31-,32-,34+,35+,39+,40-,41-,42+/m0/s1. The van der Waals surface area contributed by atoms with Crippen molar-refractivity contribution in [1.82, 2.24) is 0 Å². The van der Waals surface area contributed by atoms with Crippen molar-refractivity contribution in [1.29, 1.82) is 0 Å². The quantitative estimate of drug-likeness (QED) is 0.143. The number of fused-ring (bicyclic) bond motifs is 7. The molecule has 56 heavy (non-hydrogen) atoms. The average molecular weight is 795 g/mol. The Morgan fingerprint density at radius 1 is 0.732 bits per heavy atom. The summed E-state index contributed by atoms with van der Waals surface area (Å²) < 4.78 is 23.5.